The highest BCUT2D eigenvalue weighted by atomic mass is 16.3. The maximum absolute atomic E-state index is 8.99. The number of hydrogen-bond acceptors (Lipinski definition) is 3. The van der Waals surface area contributed by atoms with Gasteiger partial charge in [-0.05, 0) is 31.5 Å². The summed E-state index contributed by atoms with van der Waals surface area (Å²) >= 11 is 0. The summed E-state index contributed by atoms with van der Waals surface area (Å²) in [5, 5.41) is 12.0. The largest absolute Gasteiger partial charge is 0.392 e. The minimum Gasteiger partial charge on any atom is -0.392 e. The van der Waals surface area contributed by atoms with Crippen molar-refractivity contribution >= 4 is 5.82 Å². The molecule has 0 spiro atoms. The Morgan fingerprint density at radius 3 is 3.00 bits per heavy atom. The van der Waals surface area contributed by atoms with Crippen molar-refractivity contribution in [2.75, 3.05) is 11.9 Å². The van der Waals surface area contributed by atoms with Crippen LogP contribution in [0.3, 0.4) is 0 Å². The lowest BCUT2D eigenvalue weighted by Gasteiger charge is -2.07. The van der Waals surface area contributed by atoms with E-state index in [1.165, 1.54) is 0 Å². The maximum Gasteiger partial charge on any atom is 0.126 e. The van der Waals surface area contributed by atoms with Gasteiger partial charge in [-0.15, -0.1) is 0 Å². The Morgan fingerprint density at radius 1 is 1.67 bits per heavy atom. The van der Waals surface area contributed by atoms with E-state index >= 15 is 0 Å². The van der Waals surface area contributed by atoms with E-state index in [2.05, 4.69) is 10.3 Å². The Balaban J connectivity index is 2.52. The van der Waals surface area contributed by atoms with Crippen molar-refractivity contribution in [3.05, 3.63) is 23.9 Å². The Hall–Kier alpha value is -1.09. The molecule has 3 nitrogen and oxygen atoms in total. The summed E-state index contributed by atoms with van der Waals surface area (Å²) in [7, 11) is 0. The Morgan fingerprint density at radius 2 is 2.42 bits per heavy atom. The normalized spacial score (nSPS) is 12.6. The lowest BCUT2D eigenvalue weighted by atomic mass is 10.3. The topological polar surface area (TPSA) is 45.2 Å². The Kier molecular flexibility index (Phi) is 3.05. The second-order valence-electron chi connectivity index (χ2n) is 2.95. The van der Waals surface area contributed by atoms with Crippen LogP contribution in [0.5, 0.6) is 0 Å². The van der Waals surface area contributed by atoms with Gasteiger partial charge in [-0.25, -0.2) is 4.98 Å². The van der Waals surface area contributed by atoms with E-state index in [4.69, 9.17) is 5.11 Å². The van der Waals surface area contributed by atoms with Gasteiger partial charge in [0.05, 0.1) is 6.10 Å². The third-order valence-corrected chi connectivity index (χ3v) is 1.49. The van der Waals surface area contributed by atoms with E-state index in [-0.39, 0.29) is 6.10 Å². The third-order valence-electron chi connectivity index (χ3n) is 1.49. The zero-order chi connectivity index (χ0) is 8.97. The van der Waals surface area contributed by atoms with Crippen molar-refractivity contribution in [1.29, 1.82) is 0 Å². The molecule has 1 aromatic heterocycles. The number of nitrogens with zero attached hydrogens (tertiary/aromatic N) is 1. The first-order chi connectivity index (χ1) is 5.68. The first kappa shape index (κ1) is 9.00. The lowest BCUT2D eigenvalue weighted by Crippen LogP contribution is -2.15. The first-order valence-corrected chi connectivity index (χ1v) is 4.03. The molecule has 66 valence electrons. The highest BCUT2D eigenvalue weighted by Crippen LogP contribution is 2.04. The summed E-state index contributed by atoms with van der Waals surface area (Å²) in [6.45, 7) is 4.29. The lowest BCUT2D eigenvalue weighted by molar-refractivity contribution is 0.208. The molecule has 0 saturated heterocycles. The van der Waals surface area contributed by atoms with Crippen LogP contribution in [0, 0.1) is 6.92 Å². The van der Waals surface area contributed by atoms with Gasteiger partial charge in [0, 0.05) is 12.7 Å². The second-order valence-corrected chi connectivity index (χ2v) is 2.95. The molecule has 0 saturated carbocycles. The van der Waals surface area contributed by atoms with E-state index in [1.807, 2.05) is 19.1 Å². The van der Waals surface area contributed by atoms with Gasteiger partial charge in [-0.2, -0.15) is 0 Å². The summed E-state index contributed by atoms with van der Waals surface area (Å²) in [4.78, 5) is 4.09. The Bertz CT molecular complexity index is 248. The van der Waals surface area contributed by atoms with Crippen LogP contribution >= 0.6 is 0 Å². The average molecular weight is 166 g/mol. The number of hydrogen-bond donors (Lipinski definition) is 2. The van der Waals surface area contributed by atoms with Crippen LogP contribution in [0.15, 0.2) is 18.3 Å². The van der Waals surface area contributed by atoms with Crippen molar-refractivity contribution in [3.63, 3.8) is 0 Å². The average Bonchev–Trinajstić information content (AvgIpc) is 2.01. The van der Waals surface area contributed by atoms with E-state index in [9.17, 15) is 0 Å². The zero-order valence-corrected chi connectivity index (χ0v) is 7.41. The molecule has 0 radical (unpaired) electrons. The van der Waals surface area contributed by atoms with Gasteiger partial charge in [0.25, 0.3) is 0 Å². The number of aliphatic hydroxyl groups is 1. The van der Waals surface area contributed by atoms with E-state index in [1.54, 1.807) is 13.1 Å². The number of aliphatic hydroxyl groups excluding tert-OH is 1. The fourth-order valence-corrected chi connectivity index (χ4v) is 0.885. The van der Waals surface area contributed by atoms with Crippen molar-refractivity contribution in [2.45, 2.75) is 20.0 Å². The summed E-state index contributed by atoms with van der Waals surface area (Å²) in [5.74, 6) is 0.816. The molecule has 0 unspecified atom stereocenters. The highest BCUT2D eigenvalue weighted by molar-refractivity contribution is 5.36. The predicted octanol–water partition coefficient (Wildman–Crippen LogP) is 1.18. The summed E-state index contributed by atoms with van der Waals surface area (Å²) in [5.41, 5.74) is 1.16. The molecule has 0 aliphatic rings. The van der Waals surface area contributed by atoms with E-state index in [0.717, 1.165) is 11.4 Å². The monoisotopic (exact) mass is 166 g/mol. The molecule has 1 atom stereocenters. The number of rotatable bonds is 3. The summed E-state index contributed by atoms with van der Waals surface area (Å²) in [6, 6.07) is 3.88. The van der Waals surface area contributed by atoms with Gasteiger partial charge in [0.2, 0.25) is 0 Å². The van der Waals surface area contributed by atoms with Crippen molar-refractivity contribution < 1.29 is 5.11 Å². The molecule has 1 aromatic rings. The SMILES string of the molecule is Cc1ccnc(NC[C@@H](C)O)c1. The molecule has 0 bridgehead atoms. The highest BCUT2D eigenvalue weighted by Gasteiger charge is 1.96. The third kappa shape index (κ3) is 2.88. The van der Waals surface area contributed by atoms with Crippen LogP contribution in [0.25, 0.3) is 0 Å². The second kappa shape index (κ2) is 4.07. The smallest absolute Gasteiger partial charge is 0.126 e. The van der Waals surface area contributed by atoms with Crippen LogP contribution < -0.4 is 5.32 Å². The Labute approximate surface area is 72.5 Å². The fourth-order valence-electron chi connectivity index (χ4n) is 0.885. The maximum atomic E-state index is 8.99. The van der Waals surface area contributed by atoms with E-state index < -0.39 is 0 Å². The molecule has 0 amide bonds. The van der Waals surface area contributed by atoms with Crippen LogP contribution in [0.1, 0.15) is 12.5 Å². The van der Waals surface area contributed by atoms with E-state index in [0.29, 0.717) is 6.54 Å². The van der Waals surface area contributed by atoms with Gasteiger partial charge in [0.1, 0.15) is 5.82 Å². The minimum atomic E-state index is -0.340. The number of anilines is 1. The molecular formula is C9H14N2O. The molecule has 1 heterocycles. The molecule has 2 N–H and O–H groups in total. The van der Waals surface area contributed by atoms with Gasteiger partial charge < -0.3 is 10.4 Å². The first-order valence-electron chi connectivity index (χ1n) is 4.03. The predicted molar refractivity (Wildman–Crippen MR) is 49.1 cm³/mol. The minimum absolute atomic E-state index is 0.340. The van der Waals surface area contributed by atoms with Gasteiger partial charge in [0.15, 0.2) is 0 Å². The van der Waals surface area contributed by atoms with Gasteiger partial charge in [-0.1, -0.05) is 0 Å². The molecule has 12 heavy (non-hydrogen) atoms. The number of nitrogens with one attached hydrogen (secondary N) is 1. The molecule has 0 fully saturated rings. The fraction of sp³-hybridized carbons (Fsp3) is 0.444. The number of aryl methyl sites for hydroxylation is 1. The van der Waals surface area contributed by atoms with Crippen molar-refractivity contribution in [2.24, 2.45) is 0 Å². The van der Waals surface area contributed by atoms with Crippen LogP contribution in [0.4, 0.5) is 5.82 Å². The molecule has 3 heteroatoms. The van der Waals surface area contributed by atoms with Crippen molar-refractivity contribution in [3.8, 4) is 0 Å². The molecule has 0 aliphatic carbocycles. The quantitative estimate of drug-likeness (QED) is 0.708. The molecule has 0 aliphatic heterocycles. The summed E-state index contributed by atoms with van der Waals surface area (Å²) in [6.07, 6.45) is 1.41. The van der Waals surface area contributed by atoms with Gasteiger partial charge >= 0.3 is 0 Å². The number of pyridine rings is 1. The summed E-state index contributed by atoms with van der Waals surface area (Å²) < 4.78 is 0. The molecular weight excluding hydrogens is 152 g/mol. The number of aromatic nitrogens is 1. The van der Waals surface area contributed by atoms with Gasteiger partial charge in [-0.3, -0.25) is 0 Å². The van der Waals surface area contributed by atoms with Crippen LogP contribution in [0.2, 0.25) is 0 Å². The molecule has 0 aromatic carbocycles. The van der Waals surface area contributed by atoms with Crippen LogP contribution in [-0.2, 0) is 0 Å². The zero-order valence-electron chi connectivity index (χ0n) is 7.41. The van der Waals surface area contributed by atoms with Crippen LogP contribution in [-0.4, -0.2) is 22.7 Å². The molecule has 1 rings (SSSR count). The standard InChI is InChI=1S/C9H14N2O/c1-7-3-4-10-9(5-7)11-6-8(2)12/h3-5,8,12H,6H2,1-2H3,(H,10,11)/t8-/m1/s1. The van der Waals surface area contributed by atoms with Crippen molar-refractivity contribution in [1.82, 2.24) is 4.98 Å².